The van der Waals surface area contributed by atoms with E-state index in [0.717, 1.165) is 31.0 Å². The maximum atomic E-state index is 13.4. The zero-order valence-corrected chi connectivity index (χ0v) is 16.2. The van der Waals surface area contributed by atoms with Gasteiger partial charge in [0, 0.05) is 18.9 Å². The molecule has 27 heavy (non-hydrogen) atoms. The van der Waals surface area contributed by atoms with Crippen LogP contribution in [0.3, 0.4) is 0 Å². The van der Waals surface area contributed by atoms with Gasteiger partial charge in [0.2, 0.25) is 0 Å². The predicted molar refractivity (Wildman–Crippen MR) is 101 cm³/mol. The Morgan fingerprint density at radius 1 is 1.11 bits per heavy atom. The van der Waals surface area contributed by atoms with Crippen LogP contribution in [0.25, 0.3) is 0 Å². The molecule has 0 aliphatic carbocycles. The maximum Gasteiger partial charge on any atom is 0.421 e. The maximum absolute atomic E-state index is 13.4. The normalized spacial score (nSPS) is 11.7. The Morgan fingerprint density at radius 3 is 2.33 bits per heavy atom. The molecule has 0 radical (unpaired) electrons. The number of alkyl halides is 3. The Kier molecular flexibility index (Phi) is 7.05. The number of ether oxygens (including phenoxy) is 1. The van der Waals surface area contributed by atoms with E-state index in [1.54, 1.807) is 19.2 Å². The predicted octanol–water partition coefficient (Wildman–Crippen LogP) is 5.96. The van der Waals surface area contributed by atoms with Crippen molar-refractivity contribution in [3.8, 4) is 6.01 Å². The molecule has 2 aromatic rings. The quantitative estimate of drug-likeness (QED) is 0.529. The van der Waals surface area contributed by atoms with Crippen molar-refractivity contribution in [3.05, 3.63) is 41.6 Å². The summed E-state index contributed by atoms with van der Waals surface area (Å²) in [6, 6.07) is 7.36. The third-order valence-electron chi connectivity index (χ3n) is 4.30. The first-order chi connectivity index (χ1) is 12.7. The van der Waals surface area contributed by atoms with E-state index in [1.807, 2.05) is 12.1 Å². The molecule has 0 spiro atoms. The smallest absolute Gasteiger partial charge is 0.421 e. The average Bonchev–Trinajstić information content (AvgIpc) is 2.63. The summed E-state index contributed by atoms with van der Waals surface area (Å²) in [6.07, 6.45) is -0.950. The lowest BCUT2D eigenvalue weighted by Crippen LogP contribution is -2.19. The van der Waals surface area contributed by atoms with Crippen LogP contribution in [0.5, 0.6) is 6.01 Å². The third-order valence-corrected chi connectivity index (χ3v) is 4.30. The van der Waals surface area contributed by atoms with E-state index >= 15 is 0 Å². The van der Waals surface area contributed by atoms with Crippen molar-refractivity contribution >= 4 is 11.5 Å². The van der Waals surface area contributed by atoms with Gasteiger partial charge in [0.15, 0.2) is 5.82 Å². The van der Waals surface area contributed by atoms with E-state index in [4.69, 9.17) is 4.74 Å². The molecule has 0 saturated heterocycles. The highest BCUT2D eigenvalue weighted by molar-refractivity contribution is 5.63. The molecule has 1 heterocycles. The molecule has 0 amide bonds. The summed E-state index contributed by atoms with van der Waals surface area (Å²) in [5.41, 5.74) is 0.838. The molecule has 1 aromatic heterocycles. The first-order valence-electron chi connectivity index (χ1n) is 9.14. The SMILES string of the molecule is CCCCCOc1ncc(C(F)(F)F)c(N(C)c2ccc(C(C)C)cc2)n1. The minimum absolute atomic E-state index is 0.0419. The molecular formula is C20H26F3N3O. The van der Waals surface area contributed by atoms with Crippen molar-refractivity contribution in [2.24, 2.45) is 0 Å². The summed E-state index contributed by atoms with van der Waals surface area (Å²) in [6.45, 7) is 6.57. The highest BCUT2D eigenvalue weighted by atomic mass is 19.4. The Bertz CT molecular complexity index is 730. The molecule has 0 saturated carbocycles. The second kappa shape index (κ2) is 9.06. The highest BCUT2D eigenvalue weighted by Crippen LogP contribution is 2.37. The van der Waals surface area contributed by atoms with Crippen molar-refractivity contribution in [2.75, 3.05) is 18.6 Å². The molecule has 7 heteroatoms. The van der Waals surface area contributed by atoms with Gasteiger partial charge in [-0.1, -0.05) is 45.7 Å². The monoisotopic (exact) mass is 381 g/mol. The number of hydrogen-bond donors (Lipinski definition) is 0. The van der Waals surface area contributed by atoms with Crippen molar-refractivity contribution < 1.29 is 17.9 Å². The Balaban J connectivity index is 2.32. The van der Waals surface area contributed by atoms with Gasteiger partial charge >= 0.3 is 12.2 Å². The van der Waals surface area contributed by atoms with E-state index in [-0.39, 0.29) is 11.8 Å². The minimum atomic E-state index is -4.55. The summed E-state index contributed by atoms with van der Waals surface area (Å²) >= 11 is 0. The van der Waals surface area contributed by atoms with E-state index in [9.17, 15) is 13.2 Å². The summed E-state index contributed by atoms with van der Waals surface area (Å²) in [5, 5.41) is 0. The first-order valence-corrected chi connectivity index (χ1v) is 9.14. The molecule has 2 rings (SSSR count). The Morgan fingerprint density at radius 2 is 1.78 bits per heavy atom. The number of unbranched alkanes of at least 4 members (excludes halogenated alkanes) is 2. The second-order valence-corrected chi connectivity index (χ2v) is 6.75. The fraction of sp³-hybridized carbons (Fsp3) is 0.500. The third kappa shape index (κ3) is 5.58. The van der Waals surface area contributed by atoms with Crippen LogP contribution in [0.1, 0.15) is 57.1 Å². The van der Waals surface area contributed by atoms with E-state index < -0.39 is 11.7 Å². The molecular weight excluding hydrogens is 355 g/mol. The van der Waals surface area contributed by atoms with Crippen LogP contribution in [-0.4, -0.2) is 23.6 Å². The van der Waals surface area contributed by atoms with Crippen LogP contribution in [0, 0.1) is 0 Å². The van der Waals surface area contributed by atoms with Crippen LogP contribution >= 0.6 is 0 Å². The van der Waals surface area contributed by atoms with Gasteiger partial charge in [-0.3, -0.25) is 0 Å². The fourth-order valence-corrected chi connectivity index (χ4v) is 2.60. The summed E-state index contributed by atoms with van der Waals surface area (Å²) in [7, 11) is 1.56. The van der Waals surface area contributed by atoms with Crippen molar-refractivity contribution in [2.45, 2.75) is 52.1 Å². The molecule has 0 unspecified atom stereocenters. The summed E-state index contributed by atoms with van der Waals surface area (Å²) < 4.78 is 45.7. The summed E-state index contributed by atoms with van der Waals surface area (Å²) in [4.78, 5) is 9.19. The second-order valence-electron chi connectivity index (χ2n) is 6.75. The zero-order chi connectivity index (χ0) is 20.0. The molecule has 148 valence electrons. The number of aromatic nitrogens is 2. The van der Waals surface area contributed by atoms with Crippen molar-refractivity contribution in [1.82, 2.24) is 9.97 Å². The van der Waals surface area contributed by atoms with Crippen LogP contribution in [0.15, 0.2) is 30.5 Å². The molecule has 0 fully saturated rings. The molecule has 0 bridgehead atoms. The highest BCUT2D eigenvalue weighted by Gasteiger charge is 2.36. The van der Waals surface area contributed by atoms with Gasteiger partial charge in [0.05, 0.1) is 6.61 Å². The van der Waals surface area contributed by atoms with E-state index in [0.29, 0.717) is 18.2 Å². The van der Waals surface area contributed by atoms with Gasteiger partial charge in [-0.15, -0.1) is 0 Å². The number of benzene rings is 1. The fourth-order valence-electron chi connectivity index (χ4n) is 2.60. The van der Waals surface area contributed by atoms with Crippen molar-refractivity contribution in [1.29, 1.82) is 0 Å². The van der Waals surface area contributed by atoms with Crippen molar-refractivity contribution in [3.63, 3.8) is 0 Å². The average molecular weight is 381 g/mol. The molecule has 0 atom stereocenters. The van der Waals surface area contributed by atoms with Crippen LogP contribution in [0.4, 0.5) is 24.7 Å². The van der Waals surface area contributed by atoms with Crippen LogP contribution in [-0.2, 0) is 6.18 Å². The Hall–Kier alpha value is -2.31. The van der Waals surface area contributed by atoms with Gasteiger partial charge in [0.25, 0.3) is 0 Å². The molecule has 0 N–H and O–H groups in total. The topological polar surface area (TPSA) is 38.2 Å². The molecule has 0 aliphatic heterocycles. The van der Waals surface area contributed by atoms with E-state index in [1.165, 1.54) is 4.90 Å². The largest absolute Gasteiger partial charge is 0.463 e. The Labute approximate surface area is 158 Å². The minimum Gasteiger partial charge on any atom is -0.463 e. The number of hydrogen-bond acceptors (Lipinski definition) is 4. The van der Waals surface area contributed by atoms with Gasteiger partial charge in [-0.05, 0) is 30.0 Å². The van der Waals surface area contributed by atoms with Crippen LogP contribution < -0.4 is 9.64 Å². The number of halogens is 3. The van der Waals surface area contributed by atoms with Gasteiger partial charge in [-0.2, -0.15) is 18.2 Å². The lowest BCUT2D eigenvalue weighted by Gasteiger charge is -2.23. The molecule has 4 nitrogen and oxygen atoms in total. The number of rotatable bonds is 8. The van der Waals surface area contributed by atoms with Crippen LogP contribution in [0.2, 0.25) is 0 Å². The van der Waals surface area contributed by atoms with Gasteiger partial charge < -0.3 is 9.64 Å². The zero-order valence-electron chi connectivity index (χ0n) is 16.2. The van der Waals surface area contributed by atoms with Gasteiger partial charge in [-0.25, -0.2) is 4.98 Å². The molecule has 1 aromatic carbocycles. The number of nitrogens with zero attached hydrogens (tertiary/aromatic N) is 3. The van der Waals surface area contributed by atoms with Gasteiger partial charge in [0.1, 0.15) is 5.56 Å². The lowest BCUT2D eigenvalue weighted by atomic mass is 10.0. The summed E-state index contributed by atoms with van der Waals surface area (Å²) in [5.74, 6) is 0.123. The van der Waals surface area contributed by atoms with E-state index in [2.05, 4.69) is 30.7 Å². The molecule has 0 aliphatic rings. The number of anilines is 2. The lowest BCUT2D eigenvalue weighted by molar-refractivity contribution is -0.137. The standard InChI is InChI=1S/C20H26F3N3O/c1-5-6-7-12-27-19-24-13-17(20(21,22)23)18(25-19)26(4)16-10-8-15(9-11-16)14(2)3/h8-11,13-14H,5-7,12H2,1-4H3. The first kappa shape index (κ1) is 21.0.